The van der Waals surface area contributed by atoms with Gasteiger partial charge in [0.05, 0.1) is 11.1 Å². The maximum Gasteiger partial charge on any atom is 0.249 e. The fraction of sp³-hybridized carbons (Fsp3) is 0.143. The van der Waals surface area contributed by atoms with Crippen LogP contribution in [0.2, 0.25) is 5.02 Å². The lowest BCUT2D eigenvalue weighted by molar-refractivity contribution is -0.117. The van der Waals surface area contributed by atoms with Crippen molar-refractivity contribution in [2.75, 3.05) is 5.32 Å². The molecule has 1 amide bonds. The molecule has 1 aromatic heterocycles. The number of aryl methyl sites for hydroxylation is 1. The Balaban J connectivity index is 2.19. The molecule has 0 spiro atoms. The average Bonchev–Trinajstić information content (AvgIpc) is 2.89. The lowest BCUT2D eigenvalue weighted by Gasteiger charge is -2.10. The molecule has 0 aliphatic rings. The van der Waals surface area contributed by atoms with Crippen LogP contribution in [-0.4, -0.2) is 21.5 Å². The van der Waals surface area contributed by atoms with Gasteiger partial charge in [-0.1, -0.05) is 11.6 Å². The van der Waals surface area contributed by atoms with Crippen LogP contribution in [0.4, 0.5) is 10.1 Å². The van der Waals surface area contributed by atoms with E-state index in [2.05, 4.69) is 10.4 Å². The van der Waals surface area contributed by atoms with Crippen molar-refractivity contribution in [3.63, 3.8) is 0 Å². The number of rotatable bonds is 4. The van der Waals surface area contributed by atoms with E-state index in [4.69, 9.17) is 16.9 Å². The lowest BCUT2D eigenvalue weighted by Crippen LogP contribution is -2.29. The van der Waals surface area contributed by atoms with E-state index < -0.39 is 23.4 Å². The normalized spacial score (nSPS) is 11.5. The highest BCUT2D eigenvalue weighted by atomic mass is 35.5. The Labute approximate surface area is 130 Å². The van der Waals surface area contributed by atoms with Gasteiger partial charge in [-0.3, -0.25) is 14.3 Å². The molecule has 22 heavy (non-hydrogen) atoms. The zero-order valence-electron chi connectivity index (χ0n) is 11.4. The summed E-state index contributed by atoms with van der Waals surface area (Å²) in [6, 6.07) is 6.61. The predicted octanol–water partition coefficient (Wildman–Crippen LogP) is 2.17. The molecule has 0 radical (unpaired) electrons. The van der Waals surface area contributed by atoms with Crippen LogP contribution in [0.25, 0.3) is 0 Å². The molecule has 6 nitrogen and oxygen atoms in total. The first-order valence-electron chi connectivity index (χ1n) is 6.11. The van der Waals surface area contributed by atoms with Crippen molar-refractivity contribution in [2.24, 2.45) is 13.0 Å². The van der Waals surface area contributed by atoms with Gasteiger partial charge in [-0.25, -0.2) is 4.39 Å². The number of halogens is 2. The number of anilines is 1. The molecule has 0 fully saturated rings. The van der Waals surface area contributed by atoms with Gasteiger partial charge in [-0.15, -0.1) is 0 Å². The molecule has 0 aliphatic heterocycles. The van der Waals surface area contributed by atoms with E-state index in [0.29, 0.717) is 0 Å². The number of carbonyl (C=O) groups excluding carboxylic acids is 2. The third-order valence-electron chi connectivity index (χ3n) is 2.91. The van der Waals surface area contributed by atoms with Gasteiger partial charge >= 0.3 is 0 Å². The van der Waals surface area contributed by atoms with E-state index in [1.54, 1.807) is 6.07 Å². The van der Waals surface area contributed by atoms with Gasteiger partial charge in [0.15, 0.2) is 5.92 Å². The van der Waals surface area contributed by atoms with E-state index in [-0.39, 0.29) is 16.4 Å². The van der Waals surface area contributed by atoms with Crippen LogP contribution in [0.5, 0.6) is 0 Å². The Morgan fingerprint density at radius 1 is 1.45 bits per heavy atom. The quantitative estimate of drug-likeness (QED) is 0.691. The summed E-state index contributed by atoms with van der Waals surface area (Å²) in [5.41, 5.74) is 0.327. The Bertz CT molecular complexity index is 781. The number of nitrogens with one attached hydrogen (secondary N) is 1. The number of nitrogens with zero attached hydrogens (tertiary/aromatic N) is 3. The Hall–Kier alpha value is -2.72. The molecule has 112 valence electrons. The zero-order valence-corrected chi connectivity index (χ0v) is 12.1. The smallest absolute Gasteiger partial charge is 0.249 e. The summed E-state index contributed by atoms with van der Waals surface area (Å²) in [6.07, 6.45) is 1.39. The molecule has 0 saturated carbocycles. The monoisotopic (exact) mass is 320 g/mol. The van der Waals surface area contributed by atoms with Gasteiger partial charge in [0, 0.05) is 18.9 Å². The summed E-state index contributed by atoms with van der Waals surface area (Å²) in [5.74, 6) is -3.67. The van der Waals surface area contributed by atoms with Crippen LogP contribution in [-0.2, 0) is 11.8 Å². The summed E-state index contributed by atoms with van der Waals surface area (Å²) in [4.78, 5) is 24.2. The van der Waals surface area contributed by atoms with Crippen molar-refractivity contribution in [3.8, 4) is 6.07 Å². The number of hydrogen-bond donors (Lipinski definition) is 1. The molecule has 0 bridgehead atoms. The number of hydrogen-bond acceptors (Lipinski definition) is 4. The van der Waals surface area contributed by atoms with Crippen molar-refractivity contribution in [3.05, 3.63) is 47.0 Å². The maximum absolute atomic E-state index is 13.1. The summed E-state index contributed by atoms with van der Waals surface area (Å²) in [6.45, 7) is 0. The highest BCUT2D eigenvalue weighted by Gasteiger charge is 2.29. The first-order chi connectivity index (χ1) is 10.4. The number of benzene rings is 1. The molecule has 1 aromatic carbocycles. The Morgan fingerprint density at radius 3 is 2.73 bits per heavy atom. The standard InChI is InChI=1S/C14H10ClFN4O2/c1-20-12(4-5-18-20)13(21)9(7-17)14(22)19-8-2-3-11(16)10(15)6-8/h2-6,9H,1H3,(H,19,22). The molecule has 8 heteroatoms. The van der Waals surface area contributed by atoms with Gasteiger partial charge in [0.25, 0.3) is 0 Å². The average molecular weight is 321 g/mol. The molecular formula is C14H10ClFN4O2. The molecule has 1 unspecified atom stereocenters. The number of Topliss-reactive ketones (excluding diaryl/α,β-unsaturated/α-hetero) is 1. The minimum Gasteiger partial charge on any atom is -0.324 e. The Kier molecular flexibility index (Phi) is 4.53. The van der Waals surface area contributed by atoms with Crippen LogP contribution < -0.4 is 5.32 Å². The van der Waals surface area contributed by atoms with Crippen LogP contribution in [0, 0.1) is 23.1 Å². The molecular weight excluding hydrogens is 311 g/mol. The molecule has 2 aromatic rings. The zero-order chi connectivity index (χ0) is 16.3. The third-order valence-corrected chi connectivity index (χ3v) is 3.20. The third kappa shape index (κ3) is 3.13. The molecule has 0 saturated heterocycles. The van der Waals surface area contributed by atoms with E-state index in [0.717, 1.165) is 6.07 Å². The van der Waals surface area contributed by atoms with E-state index >= 15 is 0 Å². The van der Waals surface area contributed by atoms with Gasteiger partial charge in [-0.2, -0.15) is 10.4 Å². The second-order valence-electron chi connectivity index (χ2n) is 4.38. The van der Waals surface area contributed by atoms with Gasteiger partial charge in [0.1, 0.15) is 11.5 Å². The maximum atomic E-state index is 13.1. The van der Waals surface area contributed by atoms with Crippen LogP contribution in [0.3, 0.4) is 0 Å². The fourth-order valence-electron chi connectivity index (χ4n) is 1.79. The molecule has 2 rings (SSSR count). The van der Waals surface area contributed by atoms with E-state index in [1.165, 1.54) is 36.1 Å². The molecule has 1 heterocycles. The second kappa shape index (κ2) is 6.37. The number of ketones is 1. The largest absolute Gasteiger partial charge is 0.324 e. The van der Waals surface area contributed by atoms with E-state index in [9.17, 15) is 14.0 Å². The van der Waals surface area contributed by atoms with Gasteiger partial charge < -0.3 is 5.32 Å². The molecule has 1 N–H and O–H groups in total. The van der Waals surface area contributed by atoms with Crippen molar-refractivity contribution >= 4 is 29.0 Å². The minimum atomic E-state index is -1.54. The molecule has 1 atom stereocenters. The number of amides is 1. The highest BCUT2D eigenvalue weighted by Crippen LogP contribution is 2.20. The van der Waals surface area contributed by atoms with Crippen molar-refractivity contribution < 1.29 is 14.0 Å². The van der Waals surface area contributed by atoms with E-state index in [1.807, 2.05) is 0 Å². The van der Waals surface area contributed by atoms with Crippen LogP contribution in [0.15, 0.2) is 30.5 Å². The highest BCUT2D eigenvalue weighted by molar-refractivity contribution is 6.31. The predicted molar refractivity (Wildman–Crippen MR) is 76.7 cm³/mol. The summed E-state index contributed by atoms with van der Waals surface area (Å²) in [5, 5.41) is 15.1. The van der Waals surface area contributed by atoms with Crippen LogP contribution in [0.1, 0.15) is 10.5 Å². The van der Waals surface area contributed by atoms with Crippen molar-refractivity contribution in [2.45, 2.75) is 0 Å². The van der Waals surface area contributed by atoms with Crippen molar-refractivity contribution in [1.82, 2.24) is 9.78 Å². The summed E-state index contributed by atoms with van der Waals surface area (Å²) >= 11 is 5.61. The first kappa shape index (κ1) is 15.7. The lowest BCUT2D eigenvalue weighted by atomic mass is 10.0. The SMILES string of the molecule is Cn1nccc1C(=O)C(C#N)C(=O)Nc1ccc(F)c(Cl)c1. The minimum absolute atomic E-state index is 0.138. The second-order valence-corrected chi connectivity index (χ2v) is 4.79. The summed E-state index contributed by atoms with van der Waals surface area (Å²) in [7, 11) is 1.53. The van der Waals surface area contributed by atoms with Gasteiger partial charge in [-0.05, 0) is 24.3 Å². The number of aromatic nitrogens is 2. The van der Waals surface area contributed by atoms with Gasteiger partial charge in [0.2, 0.25) is 11.7 Å². The number of nitriles is 1. The Morgan fingerprint density at radius 2 is 2.18 bits per heavy atom. The topological polar surface area (TPSA) is 87.8 Å². The van der Waals surface area contributed by atoms with Crippen molar-refractivity contribution in [1.29, 1.82) is 5.26 Å². The first-order valence-corrected chi connectivity index (χ1v) is 6.49. The molecule has 0 aliphatic carbocycles. The fourth-order valence-corrected chi connectivity index (χ4v) is 1.97. The van der Waals surface area contributed by atoms with Crippen LogP contribution >= 0.6 is 11.6 Å². The summed E-state index contributed by atoms with van der Waals surface area (Å²) < 4.78 is 14.3. The number of carbonyl (C=O) groups is 2.